The quantitative estimate of drug-likeness (QED) is 0.448. The lowest BCUT2D eigenvalue weighted by Gasteiger charge is -2.31. The maximum atomic E-state index is 12.9. The van der Waals surface area contributed by atoms with Gasteiger partial charge in [0.15, 0.2) is 11.8 Å². The summed E-state index contributed by atoms with van der Waals surface area (Å²) in [6, 6.07) is 8.67. The number of nitrogens with zero attached hydrogens (tertiary/aromatic N) is 5. The van der Waals surface area contributed by atoms with E-state index in [4.69, 9.17) is 14.6 Å². The van der Waals surface area contributed by atoms with Crippen molar-refractivity contribution in [2.24, 2.45) is 5.16 Å². The van der Waals surface area contributed by atoms with Gasteiger partial charge in [0.1, 0.15) is 18.0 Å². The molecular formula is C25H26F3N5O3S. The Morgan fingerprint density at radius 1 is 1.22 bits per heavy atom. The summed E-state index contributed by atoms with van der Waals surface area (Å²) in [4.78, 5) is 24.9. The fourth-order valence-corrected chi connectivity index (χ4v) is 5.55. The molecule has 196 valence electrons. The van der Waals surface area contributed by atoms with E-state index >= 15 is 0 Å². The topological polar surface area (TPSA) is 81.8 Å². The molecular weight excluding hydrogens is 507 g/mol. The van der Waals surface area contributed by atoms with Crippen molar-refractivity contribution in [3.8, 4) is 5.75 Å². The largest absolute Gasteiger partial charge is 0.497 e. The molecule has 1 amide bonds. The standard InChI is InChI=1S/C25H26F3N5O3S/c1-15-11-22(25(26,27)28)30-33(15)13-23(34)32-9-7-17(8-10-32)24-29-20(14-37-24)19-12-21(36-31-19)16-3-5-18(35-2)6-4-16/h3-6,11,14,17,21H,7-10,12-13H2,1-2H3. The van der Waals surface area contributed by atoms with Crippen LogP contribution in [0.25, 0.3) is 0 Å². The second-order valence-corrected chi connectivity index (χ2v) is 10.1. The van der Waals surface area contributed by atoms with Gasteiger partial charge in [-0.05, 0) is 43.5 Å². The summed E-state index contributed by atoms with van der Waals surface area (Å²) in [7, 11) is 1.63. The predicted octanol–water partition coefficient (Wildman–Crippen LogP) is 4.95. The SMILES string of the molecule is COc1ccc(C2CC(c3csc(C4CCN(C(=O)Cn5nc(C(F)(F)F)cc5C)CC4)n3)=NO2)cc1. The molecule has 0 N–H and O–H groups in total. The molecule has 2 aliphatic rings. The van der Waals surface area contributed by atoms with Crippen LogP contribution < -0.4 is 4.74 Å². The van der Waals surface area contributed by atoms with Crippen molar-refractivity contribution in [3.63, 3.8) is 0 Å². The number of hydrogen-bond acceptors (Lipinski definition) is 7. The highest BCUT2D eigenvalue weighted by Gasteiger charge is 2.35. The molecule has 0 saturated carbocycles. The minimum absolute atomic E-state index is 0.161. The summed E-state index contributed by atoms with van der Waals surface area (Å²) in [5.41, 5.74) is 1.96. The van der Waals surface area contributed by atoms with E-state index in [-0.39, 0.29) is 24.5 Å². The number of halogens is 3. The molecule has 2 aromatic heterocycles. The molecule has 1 saturated heterocycles. The summed E-state index contributed by atoms with van der Waals surface area (Å²) in [6.45, 7) is 2.35. The van der Waals surface area contributed by atoms with Crippen LogP contribution in [0.2, 0.25) is 0 Å². The minimum Gasteiger partial charge on any atom is -0.497 e. The van der Waals surface area contributed by atoms with Gasteiger partial charge in [-0.25, -0.2) is 4.98 Å². The minimum atomic E-state index is -4.53. The van der Waals surface area contributed by atoms with Crippen LogP contribution >= 0.6 is 11.3 Å². The first-order chi connectivity index (χ1) is 17.7. The van der Waals surface area contributed by atoms with Crippen molar-refractivity contribution in [2.75, 3.05) is 20.2 Å². The molecule has 4 heterocycles. The van der Waals surface area contributed by atoms with Gasteiger partial charge in [-0.1, -0.05) is 17.3 Å². The smallest absolute Gasteiger partial charge is 0.435 e. The average Bonchev–Trinajstić information content (AvgIpc) is 3.64. The fourth-order valence-electron chi connectivity index (χ4n) is 4.55. The first kappa shape index (κ1) is 25.2. The van der Waals surface area contributed by atoms with E-state index in [0.29, 0.717) is 25.2 Å². The van der Waals surface area contributed by atoms with Crippen LogP contribution in [-0.4, -0.2) is 51.5 Å². The van der Waals surface area contributed by atoms with E-state index in [2.05, 4.69) is 10.3 Å². The lowest BCUT2D eigenvalue weighted by Crippen LogP contribution is -2.40. The third-order valence-corrected chi connectivity index (χ3v) is 7.73. The maximum Gasteiger partial charge on any atom is 0.435 e. The summed E-state index contributed by atoms with van der Waals surface area (Å²) in [5, 5.41) is 10.8. The van der Waals surface area contributed by atoms with E-state index in [1.165, 1.54) is 6.92 Å². The third-order valence-electron chi connectivity index (χ3n) is 6.73. The van der Waals surface area contributed by atoms with Crippen LogP contribution in [0.3, 0.4) is 0 Å². The summed E-state index contributed by atoms with van der Waals surface area (Å²) in [5.74, 6) is 0.762. The molecule has 0 spiro atoms. The Hall–Kier alpha value is -3.41. The van der Waals surface area contributed by atoms with E-state index in [1.54, 1.807) is 23.3 Å². The molecule has 8 nitrogen and oxygen atoms in total. The summed E-state index contributed by atoms with van der Waals surface area (Å²) >= 11 is 1.58. The Morgan fingerprint density at radius 2 is 1.95 bits per heavy atom. The van der Waals surface area contributed by atoms with E-state index in [1.807, 2.05) is 29.6 Å². The zero-order valence-corrected chi connectivity index (χ0v) is 21.2. The zero-order chi connectivity index (χ0) is 26.2. The number of ether oxygens (including phenoxy) is 1. The number of thiazole rings is 1. The number of carbonyl (C=O) groups is 1. The van der Waals surface area contributed by atoms with Crippen LogP contribution in [-0.2, 0) is 22.4 Å². The van der Waals surface area contributed by atoms with E-state index in [0.717, 1.165) is 51.3 Å². The second kappa shape index (κ2) is 10.2. The first-order valence-electron chi connectivity index (χ1n) is 11.9. The Labute approximate surface area is 215 Å². The Kier molecular flexibility index (Phi) is 6.93. The molecule has 0 aliphatic carbocycles. The van der Waals surface area contributed by atoms with Gasteiger partial charge in [0, 0.05) is 36.5 Å². The Morgan fingerprint density at radius 3 is 2.59 bits per heavy atom. The molecule has 0 bridgehead atoms. The zero-order valence-electron chi connectivity index (χ0n) is 20.4. The predicted molar refractivity (Wildman–Crippen MR) is 131 cm³/mol. The van der Waals surface area contributed by atoms with Crippen LogP contribution in [0.5, 0.6) is 5.75 Å². The molecule has 3 aromatic rings. The highest BCUT2D eigenvalue weighted by atomic mass is 32.1. The lowest BCUT2D eigenvalue weighted by molar-refractivity contribution is -0.142. The number of amides is 1. The number of aromatic nitrogens is 3. The molecule has 2 aliphatic heterocycles. The van der Waals surface area contributed by atoms with Crippen molar-refractivity contribution in [1.82, 2.24) is 19.7 Å². The number of methoxy groups -OCH3 is 1. The number of oxime groups is 1. The second-order valence-electron chi connectivity index (χ2n) is 9.16. The highest BCUT2D eigenvalue weighted by molar-refractivity contribution is 7.10. The van der Waals surface area contributed by atoms with Crippen molar-refractivity contribution in [2.45, 2.75) is 50.9 Å². The van der Waals surface area contributed by atoms with E-state index in [9.17, 15) is 18.0 Å². The first-order valence-corrected chi connectivity index (χ1v) is 12.8. The summed E-state index contributed by atoms with van der Waals surface area (Å²) < 4.78 is 45.0. The van der Waals surface area contributed by atoms with Crippen molar-refractivity contribution >= 4 is 23.0 Å². The van der Waals surface area contributed by atoms with E-state index < -0.39 is 11.9 Å². The Bertz CT molecular complexity index is 1290. The third kappa shape index (κ3) is 5.48. The van der Waals surface area contributed by atoms with Gasteiger partial charge in [0.05, 0.1) is 17.8 Å². The Balaban J connectivity index is 1.14. The highest BCUT2D eigenvalue weighted by Crippen LogP contribution is 2.34. The van der Waals surface area contributed by atoms with Crippen LogP contribution in [0, 0.1) is 6.92 Å². The van der Waals surface area contributed by atoms with Gasteiger partial charge < -0.3 is 14.5 Å². The normalized spacial score (nSPS) is 18.6. The average molecular weight is 534 g/mol. The monoisotopic (exact) mass is 533 g/mol. The number of benzene rings is 1. The van der Waals surface area contributed by atoms with Gasteiger partial charge >= 0.3 is 6.18 Å². The number of hydrogen-bond donors (Lipinski definition) is 0. The number of rotatable bonds is 6. The van der Waals surface area contributed by atoms with Gasteiger partial charge in [-0.2, -0.15) is 18.3 Å². The molecule has 1 fully saturated rings. The van der Waals surface area contributed by atoms with Crippen LogP contribution in [0.4, 0.5) is 13.2 Å². The van der Waals surface area contributed by atoms with Crippen LogP contribution in [0.1, 0.15) is 58.9 Å². The van der Waals surface area contributed by atoms with Crippen LogP contribution in [0.15, 0.2) is 40.9 Å². The van der Waals surface area contributed by atoms with Gasteiger partial charge in [-0.15, -0.1) is 11.3 Å². The molecule has 1 aromatic carbocycles. The summed E-state index contributed by atoms with van der Waals surface area (Å²) in [6.07, 6.45) is -2.59. The van der Waals surface area contributed by atoms with Gasteiger partial charge in [0.25, 0.3) is 0 Å². The molecule has 1 atom stereocenters. The van der Waals surface area contributed by atoms with Gasteiger partial charge in [0.2, 0.25) is 5.91 Å². The van der Waals surface area contributed by atoms with Gasteiger partial charge in [-0.3, -0.25) is 9.48 Å². The van der Waals surface area contributed by atoms with Crippen molar-refractivity contribution < 1.29 is 27.5 Å². The number of aryl methyl sites for hydroxylation is 1. The van der Waals surface area contributed by atoms with Crippen molar-refractivity contribution in [1.29, 1.82) is 0 Å². The van der Waals surface area contributed by atoms with Crippen molar-refractivity contribution in [3.05, 3.63) is 63.4 Å². The molecule has 37 heavy (non-hydrogen) atoms. The molecule has 12 heteroatoms. The maximum absolute atomic E-state index is 12.9. The number of alkyl halides is 3. The fraction of sp³-hybridized carbons (Fsp3) is 0.440. The lowest BCUT2D eigenvalue weighted by atomic mass is 9.97. The molecule has 5 rings (SSSR count). The number of likely N-dealkylation sites (tertiary alicyclic amines) is 1. The number of piperidine rings is 1. The molecule has 0 radical (unpaired) electrons. The molecule has 1 unspecified atom stereocenters. The number of carbonyl (C=O) groups excluding carboxylic acids is 1.